The molecule has 0 bridgehead atoms. The molecular weight excluding hydrogens is 1080 g/mol. The number of phenolic OH excluding ortho intramolecular Hbond substituents is 3. The number of aromatic hydroxyl groups is 4. The minimum Gasteiger partial charge on any atom is -0.571 e. The summed E-state index contributed by atoms with van der Waals surface area (Å²) in [5.41, 5.74) is 0.388. The molecule has 17 N–H and O–H groups in total. The van der Waals surface area contributed by atoms with Gasteiger partial charge in [-0.15, -0.1) is 0 Å². The molecule has 30 nitrogen and oxygen atoms in total. The summed E-state index contributed by atoms with van der Waals surface area (Å²) in [4.78, 5) is 36.1. The second-order valence-electron chi connectivity index (χ2n) is 18.9. The SMILES string of the molecule is O=C(O)CC(=O)OC[C@H]1O[C@@H](Oc2cc(O)cc3c2C=C(O[C@H]2O[C@@H](COC(=O)/C=C/c4ccc(O[C@@H]5O[C@H](CO)[C@@H](O)[C@H](O)[C@H]5O)cc4)[C@H](O)[C@@H](O)[C@@H]2O[C@@H]2OC[C@@H](O)[C@H](O)[C@H]2O)C(c2ccc(O)c(O)c2)[OH+]3)[C@H](O)[C@@H](O)[C@@H]1O. The molecule has 8 rings (SSSR count). The molecule has 0 saturated carbocycles. The molecule has 30 heteroatoms. The average molecular weight is 1140 g/mol. The van der Waals surface area contributed by atoms with Crippen molar-refractivity contribution in [2.75, 3.05) is 26.4 Å². The summed E-state index contributed by atoms with van der Waals surface area (Å²) in [5.74, 6) is -6.12. The van der Waals surface area contributed by atoms with E-state index >= 15 is 0 Å². The van der Waals surface area contributed by atoms with E-state index in [1.165, 1.54) is 42.5 Å². The number of rotatable bonds is 18. The molecule has 3 aromatic carbocycles. The number of esters is 2. The number of phenols is 3. The lowest BCUT2D eigenvalue weighted by Gasteiger charge is -2.45. The van der Waals surface area contributed by atoms with Crippen molar-refractivity contribution >= 4 is 30.1 Å². The van der Waals surface area contributed by atoms with E-state index in [0.29, 0.717) is 5.56 Å². The van der Waals surface area contributed by atoms with Gasteiger partial charge in [0.1, 0.15) is 128 Å². The third-order valence-corrected chi connectivity index (χ3v) is 13.3. The van der Waals surface area contributed by atoms with E-state index in [2.05, 4.69) is 4.74 Å². The molecule has 0 amide bonds. The minimum atomic E-state index is -2.08. The smallest absolute Gasteiger partial charge is 0.330 e. The summed E-state index contributed by atoms with van der Waals surface area (Å²) >= 11 is 0. The zero-order valence-electron chi connectivity index (χ0n) is 41.4. The molecule has 5 aliphatic heterocycles. The summed E-state index contributed by atoms with van der Waals surface area (Å²) in [5, 5.41) is 168. The fraction of sp³-hybridized carbons (Fsp3) is 0.500. The normalized spacial score (nSPS) is 35.2. The highest BCUT2D eigenvalue weighted by atomic mass is 16.8. The van der Waals surface area contributed by atoms with Crippen LogP contribution in [-0.2, 0) is 52.3 Å². The van der Waals surface area contributed by atoms with Crippen molar-refractivity contribution in [2.45, 2.75) is 129 Å². The van der Waals surface area contributed by atoms with Gasteiger partial charge >= 0.3 is 17.9 Å². The predicted octanol–water partition coefficient (Wildman–Crippen LogP) is -4.93. The zero-order chi connectivity index (χ0) is 57.9. The first-order chi connectivity index (χ1) is 38.0. The third-order valence-electron chi connectivity index (χ3n) is 13.3. The molecule has 0 aromatic heterocycles. The second kappa shape index (κ2) is 25.5. The number of aliphatic hydroxyl groups excluding tert-OH is 12. The lowest BCUT2D eigenvalue weighted by Crippen LogP contribution is -2.63. The van der Waals surface area contributed by atoms with Gasteiger partial charge in [0.2, 0.25) is 18.9 Å². The van der Waals surface area contributed by atoms with Gasteiger partial charge in [-0.05, 0) is 42.0 Å². The Morgan fingerprint density at radius 2 is 1.24 bits per heavy atom. The fourth-order valence-electron chi connectivity index (χ4n) is 8.85. The first kappa shape index (κ1) is 59.6. The largest absolute Gasteiger partial charge is 0.571 e. The summed E-state index contributed by atoms with van der Waals surface area (Å²) in [6.07, 6.45) is -32.9. The van der Waals surface area contributed by atoms with E-state index in [4.69, 9.17) is 52.5 Å². The summed E-state index contributed by atoms with van der Waals surface area (Å²) in [6, 6.07) is 11.4. The van der Waals surface area contributed by atoms with E-state index < -0.39 is 191 Å². The van der Waals surface area contributed by atoms with Crippen molar-refractivity contribution in [1.82, 2.24) is 0 Å². The van der Waals surface area contributed by atoms with Crippen LogP contribution in [-0.4, -0.2) is 247 Å². The first-order valence-electron chi connectivity index (χ1n) is 24.5. The van der Waals surface area contributed by atoms with E-state index in [1.54, 1.807) is 0 Å². The van der Waals surface area contributed by atoms with Crippen molar-refractivity contribution in [3.8, 4) is 34.5 Å². The maximum absolute atomic E-state index is 13.1. The number of carbonyl (C=O) groups is 3. The topological polar surface area (TPSA) is 480 Å². The number of benzene rings is 3. The summed E-state index contributed by atoms with van der Waals surface area (Å²) < 4.78 is 61.3. The molecule has 5 heterocycles. The Morgan fingerprint density at radius 1 is 0.625 bits per heavy atom. The Kier molecular flexibility index (Phi) is 19.0. The number of carboxylic acids is 1. The van der Waals surface area contributed by atoms with Gasteiger partial charge in [0, 0.05) is 18.2 Å². The highest BCUT2D eigenvalue weighted by Crippen LogP contribution is 2.48. The van der Waals surface area contributed by atoms with Gasteiger partial charge in [0.15, 0.2) is 29.7 Å². The highest BCUT2D eigenvalue weighted by Gasteiger charge is 2.52. The van der Waals surface area contributed by atoms with E-state index in [0.717, 1.165) is 30.3 Å². The minimum absolute atomic E-state index is 0.0803. The molecular formula is C50H59O30+. The number of fused-ring (bicyclic) bond motifs is 1. The van der Waals surface area contributed by atoms with Crippen LogP contribution >= 0.6 is 0 Å². The fourth-order valence-corrected chi connectivity index (χ4v) is 8.85. The molecule has 4 fully saturated rings. The van der Waals surface area contributed by atoms with Crippen LogP contribution < -0.4 is 9.47 Å². The van der Waals surface area contributed by atoms with Gasteiger partial charge in [0.25, 0.3) is 11.9 Å². The number of aliphatic hydroxyl groups is 13. The van der Waals surface area contributed by atoms with Crippen LogP contribution in [0.2, 0.25) is 0 Å². The molecule has 20 atom stereocenters. The highest BCUT2D eigenvalue weighted by molar-refractivity contribution is 5.90. The second-order valence-corrected chi connectivity index (χ2v) is 18.9. The van der Waals surface area contributed by atoms with Gasteiger partial charge in [-0.2, -0.15) is 0 Å². The van der Waals surface area contributed by atoms with E-state index in [1.807, 2.05) is 0 Å². The monoisotopic (exact) mass is 1140 g/mol. The van der Waals surface area contributed by atoms with Crippen LogP contribution in [0.15, 0.2) is 66.4 Å². The van der Waals surface area contributed by atoms with Crippen LogP contribution in [0.3, 0.4) is 0 Å². The number of carboxylic acid groups (broad SMARTS) is 1. The van der Waals surface area contributed by atoms with Crippen molar-refractivity contribution in [2.24, 2.45) is 0 Å². The lowest BCUT2D eigenvalue weighted by molar-refractivity contribution is -0.353. The Labute approximate surface area is 450 Å². The number of carbonyl (C=O) groups excluding carboxylic acids is 2. The standard InChI is InChI=1S/C50H58O30/c51-14-29-36(61)39(64)43(68)48(77-29)73-21-5-1-18(2-6-21)3-8-33(58)70-16-31-38(63)41(66)46(80-47-42(67)35(60)25(55)15-72-47)50(79-31)76-28-12-22-26(74-45(28)19-4-7-23(53)24(54)9-19)10-20(52)11-27(22)75-49-44(69)40(65)37(62)30(78-49)17-71-34(59)13-32(56)57/h1-12,25,29-31,35-55,60-69H,13-17H2,(H,56,57)/p+1/b8-3+/t25-,29-,30-,31+,35+,36-,37-,38+,39+,40+,41-,42-,43-,44-,45?,46+,47+,48-,49-,50+/m1/s1. The van der Waals surface area contributed by atoms with Crippen molar-refractivity contribution in [1.29, 1.82) is 0 Å². The molecule has 80 heavy (non-hydrogen) atoms. The van der Waals surface area contributed by atoms with Crippen molar-refractivity contribution < 1.29 is 148 Å². The summed E-state index contributed by atoms with van der Waals surface area (Å²) in [7, 11) is 0. The van der Waals surface area contributed by atoms with Gasteiger partial charge in [-0.1, -0.05) is 12.1 Å². The summed E-state index contributed by atoms with van der Waals surface area (Å²) in [6.45, 7) is -2.87. The molecule has 0 radical (unpaired) electrons. The number of hydrogen-bond acceptors (Lipinski definition) is 28. The average Bonchev–Trinajstić information content (AvgIpc) is 3.44. The predicted molar refractivity (Wildman–Crippen MR) is 256 cm³/mol. The Bertz CT molecular complexity index is 2700. The molecule has 1 unspecified atom stereocenters. The maximum Gasteiger partial charge on any atom is 0.330 e. The Hall–Kier alpha value is -6.53. The van der Waals surface area contributed by atoms with Crippen molar-refractivity contribution in [3.63, 3.8) is 0 Å². The van der Waals surface area contributed by atoms with Crippen LogP contribution in [0, 0.1) is 0 Å². The molecule has 3 aromatic rings. The Balaban J connectivity index is 1.05. The van der Waals surface area contributed by atoms with E-state index in [-0.39, 0.29) is 34.1 Å². The van der Waals surface area contributed by atoms with Crippen LogP contribution in [0.5, 0.6) is 34.5 Å². The number of aliphatic carboxylic acids is 1. The lowest BCUT2D eigenvalue weighted by atomic mass is 9.97. The Morgan fingerprint density at radius 3 is 1.90 bits per heavy atom. The number of hydrogen-bond donors (Lipinski definition) is 16. The molecule has 4 saturated heterocycles. The van der Waals surface area contributed by atoms with Gasteiger partial charge in [-0.3, -0.25) is 9.59 Å². The molecule has 0 spiro atoms. The maximum atomic E-state index is 13.1. The third kappa shape index (κ3) is 13.4. The van der Waals surface area contributed by atoms with E-state index in [9.17, 15) is 91.0 Å². The van der Waals surface area contributed by atoms with Crippen molar-refractivity contribution in [3.05, 3.63) is 83.1 Å². The van der Waals surface area contributed by atoms with Gasteiger partial charge in [0.05, 0.1) is 24.8 Å². The quantitative estimate of drug-likeness (QED) is 0.0187. The van der Waals surface area contributed by atoms with Crippen LogP contribution in [0.25, 0.3) is 12.2 Å². The number of ether oxygens (including phenoxy) is 11. The zero-order valence-corrected chi connectivity index (χ0v) is 41.4. The first-order valence-corrected chi connectivity index (χ1v) is 24.5. The molecule has 5 aliphatic rings. The van der Waals surface area contributed by atoms with Crippen LogP contribution in [0.1, 0.15) is 29.2 Å². The van der Waals surface area contributed by atoms with Gasteiger partial charge < -0.3 is 134 Å². The molecule has 0 aliphatic carbocycles. The van der Waals surface area contributed by atoms with Gasteiger partial charge in [-0.25, -0.2) is 4.79 Å². The molecule has 438 valence electrons. The van der Waals surface area contributed by atoms with Crippen LogP contribution in [0.4, 0.5) is 0 Å².